The van der Waals surface area contributed by atoms with Crippen molar-refractivity contribution >= 4 is 35.8 Å². The van der Waals surface area contributed by atoms with E-state index in [2.05, 4.69) is 19.6 Å². The summed E-state index contributed by atoms with van der Waals surface area (Å²) in [4.78, 5) is 37.1. The standard InChI is InChI=1S/C23H37NO7SSi/c1-17(25)14-20(22(27)31-23(2,3)4)24(32(5,28)29)16-18-10-9-11-19(15-18)21(26)30-12-13-33(6,7)8/h9-11,15,20H,12-14,16H2,1-8H3/t20-/m0/s1. The van der Waals surface area contributed by atoms with Gasteiger partial charge in [0, 0.05) is 21.0 Å². The minimum Gasteiger partial charge on any atom is -0.462 e. The number of ketones is 1. The van der Waals surface area contributed by atoms with Crippen molar-refractivity contribution in [3.63, 3.8) is 0 Å². The quantitative estimate of drug-likeness (QED) is 0.338. The van der Waals surface area contributed by atoms with Crippen LogP contribution in [-0.2, 0) is 35.6 Å². The van der Waals surface area contributed by atoms with E-state index in [1.54, 1.807) is 39.0 Å². The van der Waals surface area contributed by atoms with Gasteiger partial charge in [0.1, 0.15) is 17.4 Å². The summed E-state index contributed by atoms with van der Waals surface area (Å²) in [5.41, 5.74) is -0.0800. The Morgan fingerprint density at radius 1 is 1.12 bits per heavy atom. The van der Waals surface area contributed by atoms with Gasteiger partial charge >= 0.3 is 11.9 Å². The zero-order chi connectivity index (χ0) is 25.6. The number of carbonyl (C=O) groups excluding carboxylic acids is 3. The van der Waals surface area contributed by atoms with Crippen molar-refractivity contribution in [1.29, 1.82) is 0 Å². The number of carbonyl (C=O) groups is 3. The third-order valence-electron chi connectivity index (χ3n) is 4.52. The Balaban J connectivity index is 3.17. The number of sulfonamides is 1. The molecular formula is C23H37NO7SSi. The molecule has 0 saturated carbocycles. The zero-order valence-electron chi connectivity index (χ0n) is 20.9. The van der Waals surface area contributed by atoms with Crippen LogP contribution < -0.4 is 0 Å². The Hall–Kier alpha value is -2.04. The number of nitrogens with zero attached hydrogens (tertiary/aromatic N) is 1. The SMILES string of the molecule is CC(=O)C[C@@H](C(=O)OC(C)(C)C)N(Cc1cccc(C(=O)OCC[Si](C)(C)C)c1)S(C)(=O)=O. The van der Waals surface area contributed by atoms with E-state index in [1.807, 2.05) is 0 Å². The molecule has 0 aromatic heterocycles. The fourth-order valence-electron chi connectivity index (χ4n) is 2.91. The molecule has 0 radical (unpaired) electrons. The van der Waals surface area contributed by atoms with Gasteiger partial charge in [0.05, 0.1) is 18.4 Å². The van der Waals surface area contributed by atoms with Crippen molar-refractivity contribution in [2.45, 2.75) is 78.0 Å². The van der Waals surface area contributed by atoms with E-state index in [9.17, 15) is 22.8 Å². The van der Waals surface area contributed by atoms with Crippen LogP contribution in [0.25, 0.3) is 0 Å². The number of rotatable bonds is 11. The smallest absolute Gasteiger partial charge is 0.338 e. The first kappa shape index (κ1) is 29.0. The molecule has 0 amide bonds. The lowest BCUT2D eigenvalue weighted by Gasteiger charge is -2.30. The van der Waals surface area contributed by atoms with Gasteiger partial charge in [0.15, 0.2) is 0 Å². The first-order valence-corrected chi connectivity index (χ1v) is 16.4. The molecule has 1 aromatic carbocycles. The van der Waals surface area contributed by atoms with Crippen LogP contribution in [-0.4, -0.2) is 63.0 Å². The predicted octanol–water partition coefficient (Wildman–Crippen LogP) is 3.63. The molecule has 1 aromatic rings. The van der Waals surface area contributed by atoms with Crippen LogP contribution in [0.1, 0.15) is 50.0 Å². The Kier molecular flexibility index (Phi) is 10.0. The summed E-state index contributed by atoms with van der Waals surface area (Å²) in [7, 11) is -5.26. The first-order chi connectivity index (χ1) is 14.9. The van der Waals surface area contributed by atoms with Gasteiger partial charge < -0.3 is 9.47 Å². The Bertz CT molecular complexity index is 962. The summed E-state index contributed by atoms with van der Waals surface area (Å²) in [6, 6.07) is 5.92. The molecule has 0 aliphatic rings. The molecule has 0 unspecified atom stereocenters. The maximum absolute atomic E-state index is 12.8. The highest BCUT2D eigenvalue weighted by atomic mass is 32.2. The molecule has 33 heavy (non-hydrogen) atoms. The molecule has 0 bridgehead atoms. The van der Waals surface area contributed by atoms with Gasteiger partial charge in [-0.3, -0.25) is 9.59 Å². The van der Waals surface area contributed by atoms with Gasteiger partial charge in [-0.15, -0.1) is 0 Å². The fourth-order valence-corrected chi connectivity index (χ4v) is 4.63. The summed E-state index contributed by atoms with van der Waals surface area (Å²) in [5.74, 6) is -1.64. The van der Waals surface area contributed by atoms with Crippen molar-refractivity contribution in [2.75, 3.05) is 12.9 Å². The predicted molar refractivity (Wildman–Crippen MR) is 130 cm³/mol. The molecule has 1 atom stereocenters. The average molecular weight is 500 g/mol. The average Bonchev–Trinajstić information content (AvgIpc) is 2.61. The van der Waals surface area contributed by atoms with Gasteiger partial charge in [-0.25, -0.2) is 13.2 Å². The van der Waals surface area contributed by atoms with Crippen molar-refractivity contribution in [3.8, 4) is 0 Å². The van der Waals surface area contributed by atoms with E-state index in [-0.39, 0.29) is 24.3 Å². The van der Waals surface area contributed by atoms with E-state index in [0.29, 0.717) is 12.2 Å². The Morgan fingerprint density at radius 2 is 1.73 bits per heavy atom. The van der Waals surface area contributed by atoms with Crippen molar-refractivity contribution in [1.82, 2.24) is 4.31 Å². The Labute approximate surface area is 198 Å². The number of Topliss-reactive ketones (excluding diaryl/α,β-unsaturated/α-hetero) is 1. The number of esters is 2. The molecule has 0 heterocycles. The minimum absolute atomic E-state index is 0.202. The molecule has 0 spiro atoms. The van der Waals surface area contributed by atoms with E-state index in [0.717, 1.165) is 16.6 Å². The largest absolute Gasteiger partial charge is 0.462 e. The normalized spacial score (nSPS) is 13.5. The van der Waals surface area contributed by atoms with Crippen LogP contribution in [0.3, 0.4) is 0 Å². The third kappa shape index (κ3) is 11.1. The third-order valence-corrected chi connectivity index (χ3v) is 7.46. The zero-order valence-corrected chi connectivity index (χ0v) is 22.7. The fraction of sp³-hybridized carbons (Fsp3) is 0.609. The van der Waals surface area contributed by atoms with E-state index in [1.165, 1.54) is 13.0 Å². The van der Waals surface area contributed by atoms with E-state index in [4.69, 9.17) is 9.47 Å². The van der Waals surface area contributed by atoms with Crippen molar-refractivity contribution in [3.05, 3.63) is 35.4 Å². The molecule has 0 saturated heterocycles. The number of hydrogen-bond acceptors (Lipinski definition) is 7. The molecule has 8 nitrogen and oxygen atoms in total. The number of hydrogen-bond donors (Lipinski definition) is 0. The molecule has 1 rings (SSSR count). The summed E-state index contributed by atoms with van der Waals surface area (Å²) in [6.45, 7) is 13.0. The van der Waals surface area contributed by atoms with Gasteiger partial charge in [0.25, 0.3) is 0 Å². The van der Waals surface area contributed by atoms with Gasteiger partial charge in [-0.05, 0) is 51.4 Å². The maximum Gasteiger partial charge on any atom is 0.338 e. The molecule has 0 N–H and O–H groups in total. The lowest BCUT2D eigenvalue weighted by molar-refractivity contribution is -0.160. The molecule has 0 aliphatic carbocycles. The van der Waals surface area contributed by atoms with E-state index < -0.39 is 41.7 Å². The topological polar surface area (TPSA) is 107 Å². The highest BCUT2D eigenvalue weighted by molar-refractivity contribution is 7.88. The van der Waals surface area contributed by atoms with Crippen LogP contribution in [0.4, 0.5) is 0 Å². The Morgan fingerprint density at radius 3 is 2.21 bits per heavy atom. The summed E-state index contributed by atoms with van der Waals surface area (Å²) < 4.78 is 36.9. The number of ether oxygens (including phenoxy) is 2. The van der Waals surface area contributed by atoms with Gasteiger partial charge in [0.2, 0.25) is 10.0 Å². The lowest BCUT2D eigenvalue weighted by Crippen LogP contribution is -2.47. The highest BCUT2D eigenvalue weighted by Gasteiger charge is 2.36. The maximum atomic E-state index is 12.8. The second-order valence-electron chi connectivity index (χ2n) is 10.4. The second kappa shape index (κ2) is 11.4. The summed E-state index contributed by atoms with van der Waals surface area (Å²) >= 11 is 0. The summed E-state index contributed by atoms with van der Waals surface area (Å²) in [6.07, 6.45) is 0.652. The van der Waals surface area contributed by atoms with E-state index >= 15 is 0 Å². The molecule has 0 aliphatic heterocycles. The van der Waals surface area contributed by atoms with Crippen LogP contribution in [0.15, 0.2) is 24.3 Å². The van der Waals surface area contributed by atoms with Crippen molar-refractivity contribution < 1.29 is 32.3 Å². The van der Waals surface area contributed by atoms with Gasteiger partial charge in [-0.2, -0.15) is 4.31 Å². The van der Waals surface area contributed by atoms with Gasteiger partial charge in [-0.1, -0.05) is 31.8 Å². The molecule has 10 heteroatoms. The first-order valence-electron chi connectivity index (χ1n) is 10.8. The minimum atomic E-state index is -3.90. The summed E-state index contributed by atoms with van der Waals surface area (Å²) in [5, 5.41) is 0. The molecule has 0 fully saturated rings. The monoisotopic (exact) mass is 499 g/mol. The van der Waals surface area contributed by atoms with Crippen LogP contribution >= 0.6 is 0 Å². The molecular weight excluding hydrogens is 462 g/mol. The lowest BCUT2D eigenvalue weighted by atomic mass is 10.1. The molecule has 186 valence electrons. The second-order valence-corrected chi connectivity index (χ2v) is 18.0. The van der Waals surface area contributed by atoms with Crippen LogP contribution in [0.2, 0.25) is 25.7 Å². The van der Waals surface area contributed by atoms with Crippen LogP contribution in [0, 0.1) is 0 Å². The van der Waals surface area contributed by atoms with Crippen molar-refractivity contribution in [2.24, 2.45) is 0 Å². The van der Waals surface area contributed by atoms with Crippen LogP contribution in [0.5, 0.6) is 0 Å². The number of benzene rings is 1. The highest BCUT2D eigenvalue weighted by Crippen LogP contribution is 2.20.